The maximum absolute atomic E-state index is 13.2. The zero-order valence-electron chi connectivity index (χ0n) is 18.1. The number of hydrogen-bond acceptors (Lipinski definition) is 5. The number of ether oxygens (including phenoxy) is 1. The van der Waals surface area contributed by atoms with Crippen LogP contribution < -0.4 is 4.90 Å². The molecule has 162 valence electrons. The second-order valence-electron chi connectivity index (χ2n) is 8.14. The predicted octanol–water partition coefficient (Wildman–Crippen LogP) is 4.46. The molecule has 1 aliphatic rings. The largest absolute Gasteiger partial charge is 0.452 e. The number of esters is 1. The van der Waals surface area contributed by atoms with Gasteiger partial charge in [-0.15, -0.1) is 0 Å². The van der Waals surface area contributed by atoms with Crippen LogP contribution in [0.15, 0.2) is 54.6 Å². The van der Waals surface area contributed by atoms with Crippen molar-refractivity contribution in [3.63, 3.8) is 0 Å². The fourth-order valence-electron chi connectivity index (χ4n) is 4.24. The summed E-state index contributed by atoms with van der Waals surface area (Å²) in [6.07, 6.45) is 2.82. The molecule has 1 amide bonds. The van der Waals surface area contributed by atoms with Gasteiger partial charge in [0, 0.05) is 23.3 Å². The minimum absolute atomic E-state index is 0.189. The van der Waals surface area contributed by atoms with E-state index in [0.29, 0.717) is 17.2 Å². The van der Waals surface area contributed by atoms with Crippen LogP contribution in [0.2, 0.25) is 0 Å². The van der Waals surface area contributed by atoms with Gasteiger partial charge in [-0.1, -0.05) is 43.3 Å². The van der Waals surface area contributed by atoms with Gasteiger partial charge < -0.3 is 9.64 Å². The Bertz CT molecular complexity index is 1180. The van der Waals surface area contributed by atoms with E-state index in [9.17, 15) is 9.59 Å². The molecule has 0 saturated carbocycles. The summed E-state index contributed by atoms with van der Waals surface area (Å²) >= 11 is 0. The summed E-state index contributed by atoms with van der Waals surface area (Å²) in [5.74, 6) is -0.408. The van der Waals surface area contributed by atoms with Crippen LogP contribution in [0.25, 0.3) is 10.9 Å². The Balaban J connectivity index is 1.59. The molecule has 1 atom stereocenters. The number of rotatable bonds is 6. The third-order valence-electron chi connectivity index (χ3n) is 5.85. The Labute approximate surface area is 187 Å². The van der Waals surface area contributed by atoms with E-state index in [2.05, 4.69) is 13.0 Å². The first-order chi connectivity index (χ1) is 15.6. The molecule has 3 aromatic rings. The van der Waals surface area contributed by atoms with Crippen LogP contribution in [-0.4, -0.2) is 30.0 Å². The number of carbonyl (C=O) groups excluding carboxylic acids is 2. The van der Waals surface area contributed by atoms with E-state index in [0.717, 1.165) is 41.4 Å². The van der Waals surface area contributed by atoms with Crippen molar-refractivity contribution in [3.05, 3.63) is 71.4 Å². The highest BCUT2D eigenvalue weighted by atomic mass is 16.5. The second-order valence-corrected chi connectivity index (χ2v) is 8.14. The van der Waals surface area contributed by atoms with Crippen molar-refractivity contribution in [2.24, 2.45) is 5.92 Å². The average Bonchev–Trinajstić information content (AvgIpc) is 2.82. The quantitative estimate of drug-likeness (QED) is 0.542. The molecule has 0 spiro atoms. The summed E-state index contributed by atoms with van der Waals surface area (Å²) in [4.78, 5) is 32.4. The summed E-state index contributed by atoms with van der Waals surface area (Å²) in [6.45, 7) is 2.02. The highest BCUT2D eigenvalue weighted by molar-refractivity contribution is 6.06. The Kier molecular flexibility index (Phi) is 6.46. The number of nitrogens with zero attached hydrogens (tertiary/aromatic N) is 3. The summed E-state index contributed by atoms with van der Waals surface area (Å²) in [7, 11) is 0. The van der Waals surface area contributed by atoms with E-state index >= 15 is 0 Å². The van der Waals surface area contributed by atoms with Crippen molar-refractivity contribution < 1.29 is 14.3 Å². The van der Waals surface area contributed by atoms with Crippen molar-refractivity contribution >= 4 is 28.5 Å². The molecule has 0 bridgehead atoms. The fourth-order valence-corrected chi connectivity index (χ4v) is 4.24. The summed E-state index contributed by atoms with van der Waals surface area (Å²) in [6, 6.07) is 18.7. The van der Waals surface area contributed by atoms with Crippen LogP contribution in [0.1, 0.15) is 41.4 Å². The lowest BCUT2D eigenvalue weighted by Crippen LogP contribution is -2.35. The molecule has 0 fully saturated rings. The molecule has 0 saturated heterocycles. The first-order valence-electron chi connectivity index (χ1n) is 10.9. The van der Waals surface area contributed by atoms with E-state index < -0.39 is 5.97 Å². The number of hydrogen-bond donors (Lipinski definition) is 0. The minimum Gasteiger partial charge on any atom is -0.452 e. The lowest BCUT2D eigenvalue weighted by Gasteiger charge is -2.24. The highest BCUT2D eigenvalue weighted by Crippen LogP contribution is 2.32. The van der Waals surface area contributed by atoms with Gasteiger partial charge in [-0.2, -0.15) is 5.26 Å². The fraction of sp³-hybridized carbons (Fsp3) is 0.308. The van der Waals surface area contributed by atoms with Crippen molar-refractivity contribution in [1.29, 1.82) is 5.26 Å². The monoisotopic (exact) mass is 427 g/mol. The molecular formula is C26H25N3O3. The number of para-hydroxylation sites is 2. The zero-order valence-corrected chi connectivity index (χ0v) is 18.1. The van der Waals surface area contributed by atoms with Gasteiger partial charge in [0.1, 0.15) is 0 Å². The van der Waals surface area contributed by atoms with Gasteiger partial charge in [0.05, 0.1) is 23.6 Å². The van der Waals surface area contributed by atoms with Gasteiger partial charge in [0.15, 0.2) is 6.61 Å². The van der Waals surface area contributed by atoms with Gasteiger partial charge in [-0.05, 0) is 48.9 Å². The smallest absolute Gasteiger partial charge is 0.339 e. The van der Waals surface area contributed by atoms with Crippen molar-refractivity contribution in [1.82, 2.24) is 4.98 Å². The van der Waals surface area contributed by atoms with Gasteiger partial charge >= 0.3 is 5.97 Å². The maximum Gasteiger partial charge on any atom is 0.339 e. The molecule has 32 heavy (non-hydrogen) atoms. The van der Waals surface area contributed by atoms with E-state index in [4.69, 9.17) is 15.0 Å². The average molecular weight is 428 g/mol. The predicted molar refractivity (Wildman–Crippen MR) is 122 cm³/mol. The molecule has 4 rings (SSSR count). The number of pyridine rings is 1. The highest BCUT2D eigenvalue weighted by Gasteiger charge is 2.27. The number of amides is 1. The lowest BCUT2D eigenvalue weighted by atomic mass is 9.84. The zero-order chi connectivity index (χ0) is 22.5. The third-order valence-corrected chi connectivity index (χ3v) is 5.85. The molecule has 0 N–H and O–H groups in total. The van der Waals surface area contributed by atoms with Crippen LogP contribution in [0.5, 0.6) is 0 Å². The minimum atomic E-state index is -0.504. The molecule has 0 radical (unpaired) electrons. The Morgan fingerprint density at radius 3 is 2.69 bits per heavy atom. The van der Waals surface area contributed by atoms with Gasteiger partial charge in [0.25, 0.3) is 5.91 Å². The second kappa shape index (κ2) is 9.61. The number of nitriles is 1. The molecule has 6 nitrogen and oxygen atoms in total. The normalized spacial score (nSPS) is 14.9. The number of benzene rings is 2. The molecule has 1 heterocycles. The molecule has 2 aromatic carbocycles. The number of aromatic nitrogens is 1. The van der Waals surface area contributed by atoms with Crippen LogP contribution in [0, 0.1) is 17.2 Å². The molecular weight excluding hydrogens is 402 g/mol. The molecule has 0 aliphatic heterocycles. The van der Waals surface area contributed by atoms with Crippen LogP contribution >= 0.6 is 0 Å². The summed E-state index contributed by atoms with van der Waals surface area (Å²) in [5.41, 5.74) is 3.83. The third kappa shape index (κ3) is 4.47. The van der Waals surface area contributed by atoms with E-state index in [1.54, 1.807) is 12.1 Å². The molecule has 1 aliphatic carbocycles. The van der Waals surface area contributed by atoms with Crippen molar-refractivity contribution in [2.75, 3.05) is 18.1 Å². The lowest BCUT2D eigenvalue weighted by molar-refractivity contribution is -0.121. The number of carbonyl (C=O) groups is 2. The first-order valence-corrected chi connectivity index (χ1v) is 10.9. The van der Waals surface area contributed by atoms with E-state index in [1.807, 2.05) is 42.5 Å². The maximum atomic E-state index is 13.2. The summed E-state index contributed by atoms with van der Waals surface area (Å²) < 4.78 is 5.54. The van der Waals surface area contributed by atoms with Crippen molar-refractivity contribution in [3.8, 4) is 6.07 Å². The summed E-state index contributed by atoms with van der Waals surface area (Å²) in [5, 5.41) is 9.72. The Morgan fingerprint density at radius 2 is 1.91 bits per heavy atom. The number of anilines is 1. The van der Waals surface area contributed by atoms with E-state index in [-0.39, 0.29) is 25.5 Å². The Hall–Kier alpha value is -3.72. The molecule has 6 heteroatoms. The van der Waals surface area contributed by atoms with Gasteiger partial charge in [-0.3, -0.25) is 9.78 Å². The number of fused-ring (bicyclic) bond motifs is 2. The topological polar surface area (TPSA) is 83.3 Å². The van der Waals surface area contributed by atoms with Crippen LogP contribution in [0.4, 0.5) is 5.69 Å². The number of aryl methyl sites for hydroxylation is 1. The standard InChI is InChI=1S/C26H25N3O3/c1-18-12-13-23-21(16-18)25(20-10-5-6-11-22(20)28-23)26(31)32-17-24(30)29(15-7-14-27)19-8-3-2-4-9-19/h2-6,8-11,18H,7,12-13,15-17H2,1H3. The van der Waals surface area contributed by atoms with Crippen molar-refractivity contribution in [2.45, 2.75) is 32.6 Å². The molecule has 1 unspecified atom stereocenters. The van der Waals surface area contributed by atoms with E-state index in [1.165, 1.54) is 4.90 Å². The first kappa shape index (κ1) is 21.5. The SMILES string of the molecule is CC1CCc2nc3ccccc3c(C(=O)OCC(=O)N(CCC#N)c3ccccc3)c2C1. The van der Waals surface area contributed by atoms with Gasteiger partial charge in [-0.25, -0.2) is 4.79 Å². The van der Waals surface area contributed by atoms with Crippen LogP contribution in [-0.2, 0) is 22.4 Å². The van der Waals surface area contributed by atoms with Crippen LogP contribution in [0.3, 0.4) is 0 Å². The molecule has 1 aromatic heterocycles. The Morgan fingerprint density at radius 1 is 1.16 bits per heavy atom. The van der Waals surface area contributed by atoms with Gasteiger partial charge in [0.2, 0.25) is 0 Å².